The largest absolute Gasteiger partial charge is 0.353 e. The Morgan fingerprint density at radius 2 is 2.00 bits per heavy atom. The van der Waals surface area contributed by atoms with Crippen molar-refractivity contribution in [2.45, 2.75) is 27.2 Å². The van der Waals surface area contributed by atoms with Crippen LogP contribution in [0.15, 0.2) is 17.1 Å². The van der Waals surface area contributed by atoms with E-state index in [9.17, 15) is 0 Å². The lowest BCUT2D eigenvalue weighted by Gasteiger charge is -2.12. The molecule has 0 radical (unpaired) electrons. The Hall–Kier alpha value is -0.960. The molecule has 0 N–H and O–H groups in total. The van der Waals surface area contributed by atoms with Gasteiger partial charge in [0.2, 0.25) is 0 Å². The fourth-order valence-corrected chi connectivity index (χ4v) is 2.97. The molecule has 2 rings (SSSR count). The monoisotopic (exact) mass is 248 g/mol. The summed E-state index contributed by atoms with van der Waals surface area (Å²) in [6.07, 6.45) is 1.04. The van der Waals surface area contributed by atoms with E-state index in [-0.39, 0.29) is 0 Å². The number of benzene rings is 1. The van der Waals surface area contributed by atoms with Crippen molar-refractivity contribution >= 4 is 22.6 Å². The van der Waals surface area contributed by atoms with Crippen LogP contribution < -0.4 is 0 Å². The molecule has 17 heavy (non-hydrogen) atoms. The van der Waals surface area contributed by atoms with E-state index in [4.69, 9.17) is 4.99 Å². The van der Waals surface area contributed by atoms with Gasteiger partial charge in [-0.25, -0.2) is 4.99 Å². The molecule has 92 valence electrons. The van der Waals surface area contributed by atoms with E-state index >= 15 is 0 Å². The average molecular weight is 248 g/mol. The van der Waals surface area contributed by atoms with E-state index < -0.39 is 0 Å². The lowest BCUT2D eigenvalue weighted by molar-refractivity contribution is 0.563. The number of nitrogens with zero attached hydrogens (tertiary/aromatic N) is 2. The minimum atomic E-state index is 1.04. The van der Waals surface area contributed by atoms with Crippen molar-refractivity contribution in [1.29, 1.82) is 0 Å². The van der Waals surface area contributed by atoms with Gasteiger partial charge in [-0.2, -0.15) is 0 Å². The van der Waals surface area contributed by atoms with Gasteiger partial charge in [0.05, 0.1) is 5.69 Å². The predicted octanol–water partition coefficient (Wildman–Crippen LogP) is 3.53. The van der Waals surface area contributed by atoms with Crippen molar-refractivity contribution in [1.82, 2.24) is 4.90 Å². The first-order chi connectivity index (χ1) is 8.11. The van der Waals surface area contributed by atoms with Crippen LogP contribution in [0.1, 0.15) is 23.6 Å². The Balaban J connectivity index is 2.41. The molecule has 1 fully saturated rings. The second-order valence-corrected chi connectivity index (χ2v) is 5.65. The second kappa shape index (κ2) is 5.13. The quantitative estimate of drug-likeness (QED) is 0.795. The summed E-state index contributed by atoms with van der Waals surface area (Å²) in [6, 6.07) is 4.49. The van der Waals surface area contributed by atoms with E-state index in [0.717, 1.165) is 29.6 Å². The zero-order valence-electron chi connectivity index (χ0n) is 11.1. The molecule has 1 aromatic carbocycles. The summed E-state index contributed by atoms with van der Waals surface area (Å²) in [5, 5.41) is 1.16. The highest BCUT2D eigenvalue weighted by Gasteiger charge is 2.15. The van der Waals surface area contributed by atoms with E-state index in [2.05, 4.69) is 44.9 Å². The molecule has 1 aromatic rings. The summed E-state index contributed by atoms with van der Waals surface area (Å²) in [7, 11) is 2.12. The smallest absolute Gasteiger partial charge is 0.164 e. The molecular weight excluding hydrogens is 228 g/mol. The van der Waals surface area contributed by atoms with E-state index in [1.54, 1.807) is 0 Å². The SMILES string of the molecule is CCc1cc(C)c(C)cc1N=C1SCCN1C. The van der Waals surface area contributed by atoms with Crippen molar-refractivity contribution < 1.29 is 0 Å². The van der Waals surface area contributed by atoms with Gasteiger partial charge in [-0.05, 0) is 43.0 Å². The first kappa shape index (κ1) is 12.5. The van der Waals surface area contributed by atoms with Gasteiger partial charge in [-0.1, -0.05) is 24.8 Å². The van der Waals surface area contributed by atoms with Gasteiger partial charge in [0.15, 0.2) is 5.17 Å². The predicted molar refractivity (Wildman–Crippen MR) is 77.5 cm³/mol. The van der Waals surface area contributed by atoms with Crippen LogP contribution in [0.25, 0.3) is 0 Å². The number of aliphatic imine (C=N–C) groups is 1. The highest BCUT2D eigenvalue weighted by atomic mass is 32.2. The molecule has 1 saturated heterocycles. The molecule has 1 aliphatic heterocycles. The molecular formula is C14H20N2S. The molecule has 0 bridgehead atoms. The molecule has 3 heteroatoms. The molecule has 0 atom stereocenters. The second-order valence-electron chi connectivity index (χ2n) is 4.58. The molecule has 0 spiro atoms. The Bertz CT molecular complexity index is 452. The number of hydrogen-bond acceptors (Lipinski definition) is 2. The molecule has 1 heterocycles. The average Bonchev–Trinajstić information content (AvgIpc) is 2.69. The van der Waals surface area contributed by atoms with Crippen LogP contribution in [0.3, 0.4) is 0 Å². The molecule has 0 aromatic heterocycles. The zero-order chi connectivity index (χ0) is 12.4. The lowest BCUT2D eigenvalue weighted by Crippen LogP contribution is -2.17. The number of hydrogen-bond donors (Lipinski definition) is 0. The lowest BCUT2D eigenvalue weighted by atomic mass is 10.0. The third-order valence-corrected chi connectivity index (χ3v) is 4.32. The number of aryl methyl sites for hydroxylation is 3. The highest BCUT2D eigenvalue weighted by Crippen LogP contribution is 2.27. The van der Waals surface area contributed by atoms with Crippen LogP contribution >= 0.6 is 11.8 Å². The zero-order valence-corrected chi connectivity index (χ0v) is 11.9. The van der Waals surface area contributed by atoms with Crippen molar-refractivity contribution in [3.05, 3.63) is 28.8 Å². The van der Waals surface area contributed by atoms with Gasteiger partial charge in [-0.3, -0.25) is 0 Å². The van der Waals surface area contributed by atoms with Crippen LogP contribution in [0.5, 0.6) is 0 Å². The Labute approximate surface area is 108 Å². The first-order valence-corrected chi connectivity index (χ1v) is 7.13. The van der Waals surface area contributed by atoms with Gasteiger partial charge in [0.1, 0.15) is 0 Å². The molecule has 0 saturated carbocycles. The summed E-state index contributed by atoms with van der Waals surface area (Å²) >= 11 is 1.85. The van der Waals surface area contributed by atoms with Crippen molar-refractivity contribution in [3.8, 4) is 0 Å². The maximum Gasteiger partial charge on any atom is 0.164 e. The standard InChI is InChI=1S/C14H20N2S/c1-5-12-8-10(2)11(3)9-13(12)15-14-16(4)6-7-17-14/h8-9H,5-7H2,1-4H3. The van der Waals surface area contributed by atoms with Crippen molar-refractivity contribution in [2.75, 3.05) is 19.3 Å². The molecule has 2 nitrogen and oxygen atoms in total. The summed E-state index contributed by atoms with van der Waals surface area (Å²) in [4.78, 5) is 7.05. The Kier molecular flexibility index (Phi) is 3.77. The van der Waals surface area contributed by atoms with Crippen molar-refractivity contribution in [2.24, 2.45) is 4.99 Å². The minimum absolute atomic E-state index is 1.04. The third kappa shape index (κ3) is 2.65. The maximum absolute atomic E-state index is 4.82. The first-order valence-electron chi connectivity index (χ1n) is 6.14. The van der Waals surface area contributed by atoms with Crippen LogP contribution in [-0.2, 0) is 6.42 Å². The molecule has 1 aliphatic rings. The normalized spacial score (nSPS) is 18.1. The summed E-state index contributed by atoms with van der Waals surface area (Å²) in [5.74, 6) is 1.15. The van der Waals surface area contributed by atoms with Crippen LogP contribution in [0.4, 0.5) is 5.69 Å². The summed E-state index contributed by atoms with van der Waals surface area (Å²) in [6.45, 7) is 7.63. The van der Waals surface area contributed by atoms with Gasteiger partial charge in [-0.15, -0.1) is 0 Å². The van der Waals surface area contributed by atoms with Crippen molar-refractivity contribution in [3.63, 3.8) is 0 Å². The topological polar surface area (TPSA) is 15.6 Å². The third-order valence-electron chi connectivity index (χ3n) is 3.28. The number of amidine groups is 1. The molecule has 0 unspecified atom stereocenters. The van der Waals surface area contributed by atoms with Gasteiger partial charge < -0.3 is 4.90 Å². The summed E-state index contributed by atoms with van der Waals surface area (Å²) < 4.78 is 0. The maximum atomic E-state index is 4.82. The number of rotatable bonds is 2. The van der Waals surface area contributed by atoms with Crippen LogP contribution in [0.2, 0.25) is 0 Å². The van der Waals surface area contributed by atoms with E-state index in [1.165, 1.54) is 16.7 Å². The van der Waals surface area contributed by atoms with Crippen LogP contribution in [-0.4, -0.2) is 29.4 Å². The highest BCUT2D eigenvalue weighted by molar-refractivity contribution is 8.14. The number of thioether (sulfide) groups is 1. The van der Waals surface area contributed by atoms with E-state index in [0.29, 0.717) is 0 Å². The van der Waals surface area contributed by atoms with Crippen LogP contribution in [0, 0.1) is 13.8 Å². The summed E-state index contributed by atoms with van der Waals surface area (Å²) in [5.41, 5.74) is 5.18. The van der Waals surface area contributed by atoms with Gasteiger partial charge >= 0.3 is 0 Å². The van der Waals surface area contributed by atoms with Gasteiger partial charge in [0.25, 0.3) is 0 Å². The fraction of sp³-hybridized carbons (Fsp3) is 0.500. The Morgan fingerprint density at radius 3 is 2.59 bits per heavy atom. The fourth-order valence-electron chi connectivity index (χ4n) is 1.95. The molecule has 0 amide bonds. The Morgan fingerprint density at radius 1 is 1.29 bits per heavy atom. The van der Waals surface area contributed by atoms with Gasteiger partial charge in [0, 0.05) is 19.3 Å². The molecule has 0 aliphatic carbocycles. The van der Waals surface area contributed by atoms with E-state index in [1.807, 2.05) is 11.8 Å². The minimum Gasteiger partial charge on any atom is -0.353 e.